The average molecular weight is 347 g/mol. The predicted octanol–water partition coefficient (Wildman–Crippen LogP) is 3.16. The number of hydrogen-bond donors (Lipinski definition) is 1. The summed E-state index contributed by atoms with van der Waals surface area (Å²) in [5, 5.41) is 12.2. The first kappa shape index (κ1) is 17.7. The summed E-state index contributed by atoms with van der Waals surface area (Å²) < 4.78 is 0. The van der Waals surface area contributed by atoms with Gasteiger partial charge in [0, 0.05) is 35.9 Å². The molecule has 0 spiro atoms. The number of hydrogen-bond acceptors (Lipinski definition) is 4. The Hall–Kier alpha value is -3.13. The molecule has 2 aromatic rings. The molecule has 0 bridgehead atoms. The number of ketones is 1. The van der Waals surface area contributed by atoms with E-state index in [-0.39, 0.29) is 17.7 Å². The lowest BCUT2D eigenvalue weighted by molar-refractivity contribution is 0.0930. The van der Waals surface area contributed by atoms with Crippen LogP contribution >= 0.6 is 0 Å². The van der Waals surface area contributed by atoms with Crippen molar-refractivity contribution in [2.24, 2.45) is 0 Å². The molecule has 1 heterocycles. The molecule has 1 saturated heterocycles. The van der Waals surface area contributed by atoms with Crippen LogP contribution in [0.25, 0.3) is 0 Å². The summed E-state index contributed by atoms with van der Waals surface area (Å²) in [6.45, 7) is 3.00. The molecule has 26 heavy (non-hydrogen) atoms. The molecule has 5 heteroatoms. The lowest BCUT2D eigenvalue weighted by Crippen LogP contribution is -2.45. The van der Waals surface area contributed by atoms with E-state index < -0.39 is 0 Å². The Morgan fingerprint density at radius 1 is 1.12 bits per heavy atom. The van der Waals surface area contributed by atoms with Crippen molar-refractivity contribution in [2.45, 2.75) is 25.8 Å². The Kier molecular flexibility index (Phi) is 5.33. The molecule has 1 aliphatic heterocycles. The molecule has 1 aliphatic rings. The number of nitrogens with one attached hydrogen (secondary N) is 1. The van der Waals surface area contributed by atoms with E-state index >= 15 is 0 Å². The Balaban J connectivity index is 1.66. The number of carbonyl (C=O) groups excluding carboxylic acids is 2. The fourth-order valence-electron chi connectivity index (χ4n) is 3.28. The van der Waals surface area contributed by atoms with Gasteiger partial charge in [-0.15, -0.1) is 0 Å². The third-order valence-corrected chi connectivity index (χ3v) is 4.71. The zero-order valence-corrected chi connectivity index (χ0v) is 14.7. The minimum atomic E-state index is -0.0556. The summed E-state index contributed by atoms with van der Waals surface area (Å²) in [7, 11) is 0. The molecular formula is C21H21N3O2. The number of piperidine rings is 1. The second kappa shape index (κ2) is 7.83. The number of Topliss-reactive ketones (excluding diaryl/α,β-unsaturated/α-hetero) is 1. The molecule has 1 amide bonds. The van der Waals surface area contributed by atoms with Crippen molar-refractivity contribution >= 4 is 17.4 Å². The highest BCUT2D eigenvalue weighted by molar-refractivity contribution is 6.00. The lowest BCUT2D eigenvalue weighted by atomic mass is 10.00. The maximum atomic E-state index is 12.3. The van der Waals surface area contributed by atoms with Crippen molar-refractivity contribution in [3.8, 4) is 6.07 Å². The van der Waals surface area contributed by atoms with Crippen molar-refractivity contribution < 1.29 is 9.59 Å². The van der Waals surface area contributed by atoms with E-state index in [1.807, 2.05) is 18.2 Å². The monoisotopic (exact) mass is 347 g/mol. The fourth-order valence-corrected chi connectivity index (χ4v) is 3.28. The first-order valence-electron chi connectivity index (χ1n) is 8.74. The molecule has 0 aromatic heterocycles. The van der Waals surface area contributed by atoms with Crippen LogP contribution in [0.5, 0.6) is 0 Å². The second-order valence-electron chi connectivity index (χ2n) is 6.50. The molecule has 0 saturated carbocycles. The standard InChI is InChI=1S/C21H21N3O2/c1-15(25)19-8-7-16(14-22)13-20(19)24-11-9-18(10-12-24)23-21(26)17-5-3-2-4-6-17/h2-8,13,18H,9-12H2,1H3,(H,23,26). The van der Waals surface area contributed by atoms with Crippen molar-refractivity contribution in [2.75, 3.05) is 18.0 Å². The highest BCUT2D eigenvalue weighted by Crippen LogP contribution is 2.26. The Bertz CT molecular complexity index is 847. The fraction of sp³-hybridized carbons (Fsp3) is 0.286. The van der Waals surface area contributed by atoms with Crippen molar-refractivity contribution in [1.29, 1.82) is 5.26 Å². The van der Waals surface area contributed by atoms with Crippen LogP contribution in [0.4, 0.5) is 5.69 Å². The van der Waals surface area contributed by atoms with E-state index in [1.165, 1.54) is 6.92 Å². The zero-order valence-electron chi connectivity index (χ0n) is 14.7. The normalized spacial score (nSPS) is 14.5. The lowest BCUT2D eigenvalue weighted by Gasteiger charge is -2.35. The summed E-state index contributed by atoms with van der Waals surface area (Å²) in [5.41, 5.74) is 2.65. The topological polar surface area (TPSA) is 73.2 Å². The molecule has 0 radical (unpaired) electrons. The van der Waals surface area contributed by atoms with E-state index in [4.69, 9.17) is 5.26 Å². The first-order chi connectivity index (χ1) is 12.6. The molecule has 0 aliphatic carbocycles. The van der Waals surface area contributed by atoms with Gasteiger partial charge in [-0.3, -0.25) is 9.59 Å². The molecule has 1 fully saturated rings. The largest absolute Gasteiger partial charge is 0.371 e. The molecular weight excluding hydrogens is 326 g/mol. The minimum absolute atomic E-state index is 0.0102. The maximum Gasteiger partial charge on any atom is 0.251 e. The van der Waals surface area contributed by atoms with Gasteiger partial charge in [-0.1, -0.05) is 18.2 Å². The Morgan fingerprint density at radius 3 is 2.42 bits per heavy atom. The molecule has 2 aromatic carbocycles. The third kappa shape index (κ3) is 3.92. The Morgan fingerprint density at radius 2 is 1.81 bits per heavy atom. The summed E-state index contributed by atoms with van der Waals surface area (Å²) in [5.74, 6) is -0.0658. The summed E-state index contributed by atoms with van der Waals surface area (Å²) >= 11 is 0. The van der Waals surface area contributed by atoms with Gasteiger partial charge in [0.15, 0.2) is 5.78 Å². The van der Waals surface area contributed by atoms with E-state index in [9.17, 15) is 9.59 Å². The molecule has 0 atom stereocenters. The van der Waals surface area contributed by atoms with Gasteiger partial charge in [0.05, 0.1) is 11.6 Å². The van der Waals surface area contributed by atoms with Crippen LogP contribution in [0.1, 0.15) is 46.0 Å². The number of rotatable bonds is 4. The maximum absolute atomic E-state index is 12.3. The van der Waals surface area contributed by atoms with Gasteiger partial charge < -0.3 is 10.2 Å². The minimum Gasteiger partial charge on any atom is -0.371 e. The van der Waals surface area contributed by atoms with Crippen LogP contribution in [-0.2, 0) is 0 Å². The van der Waals surface area contributed by atoms with E-state index in [2.05, 4.69) is 16.3 Å². The number of carbonyl (C=O) groups is 2. The van der Waals surface area contributed by atoms with Crippen LogP contribution in [0.3, 0.4) is 0 Å². The van der Waals surface area contributed by atoms with Crippen molar-refractivity contribution in [3.05, 3.63) is 65.2 Å². The van der Waals surface area contributed by atoms with Crippen LogP contribution < -0.4 is 10.2 Å². The number of benzene rings is 2. The van der Waals surface area contributed by atoms with Crippen LogP contribution in [0.15, 0.2) is 48.5 Å². The zero-order chi connectivity index (χ0) is 18.5. The van der Waals surface area contributed by atoms with Crippen LogP contribution in [0.2, 0.25) is 0 Å². The quantitative estimate of drug-likeness (QED) is 0.862. The SMILES string of the molecule is CC(=O)c1ccc(C#N)cc1N1CCC(NC(=O)c2ccccc2)CC1. The summed E-state index contributed by atoms with van der Waals surface area (Å²) in [6, 6.07) is 16.6. The molecule has 5 nitrogen and oxygen atoms in total. The number of nitrogens with zero attached hydrogens (tertiary/aromatic N) is 2. The van der Waals surface area contributed by atoms with E-state index in [1.54, 1.807) is 30.3 Å². The van der Waals surface area contributed by atoms with E-state index in [0.717, 1.165) is 31.6 Å². The Labute approximate surface area is 153 Å². The molecule has 0 unspecified atom stereocenters. The number of amides is 1. The molecule has 132 valence electrons. The van der Waals surface area contributed by atoms with Gasteiger partial charge in [0.1, 0.15) is 0 Å². The van der Waals surface area contributed by atoms with Crippen molar-refractivity contribution in [1.82, 2.24) is 5.32 Å². The van der Waals surface area contributed by atoms with Crippen LogP contribution in [0, 0.1) is 11.3 Å². The van der Waals surface area contributed by atoms with Gasteiger partial charge in [-0.25, -0.2) is 0 Å². The molecule has 3 rings (SSSR count). The predicted molar refractivity (Wildman–Crippen MR) is 100 cm³/mol. The highest BCUT2D eigenvalue weighted by Gasteiger charge is 2.23. The van der Waals surface area contributed by atoms with Gasteiger partial charge in [-0.05, 0) is 50.1 Å². The summed E-state index contributed by atoms with van der Waals surface area (Å²) in [4.78, 5) is 26.3. The van der Waals surface area contributed by atoms with Gasteiger partial charge in [-0.2, -0.15) is 5.26 Å². The average Bonchev–Trinajstić information content (AvgIpc) is 2.68. The van der Waals surface area contributed by atoms with E-state index in [0.29, 0.717) is 16.7 Å². The smallest absolute Gasteiger partial charge is 0.251 e. The van der Waals surface area contributed by atoms with Crippen LogP contribution in [-0.4, -0.2) is 30.8 Å². The number of nitriles is 1. The number of anilines is 1. The van der Waals surface area contributed by atoms with Crippen molar-refractivity contribution in [3.63, 3.8) is 0 Å². The van der Waals surface area contributed by atoms with Gasteiger partial charge in [0.2, 0.25) is 0 Å². The van der Waals surface area contributed by atoms with Gasteiger partial charge >= 0.3 is 0 Å². The second-order valence-corrected chi connectivity index (χ2v) is 6.50. The van der Waals surface area contributed by atoms with Gasteiger partial charge in [0.25, 0.3) is 5.91 Å². The first-order valence-corrected chi connectivity index (χ1v) is 8.74. The summed E-state index contributed by atoms with van der Waals surface area (Å²) in [6.07, 6.45) is 1.60. The molecule has 1 N–H and O–H groups in total. The third-order valence-electron chi connectivity index (χ3n) is 4.71. The highest BCUT2D eigenvalue weighted by atomic mass is 16.1.